The van der Waals surface area contributed by atoms with E-state index in [-0.39, 0.29) is 11.8 Å². The smallest absolute Gasteiger partial charge is 0.240 e. The average Bonchev–Trinajstić information content (AvgIpc) is 2.19. The molecule has 0 aromatic rings. The molecule has 1 N–H and O–H groups in total. The van der Waals surface area contributed by atoms with Gasteiger partial charge in [0.25, 0.3) is 0 Å². The fraction of sp³-hybridized carbons (Fsp3) is 0.778. The van der Waals surface area contributed by atoms with Crippen LogP contribution in [-0.2, 0) is 9.53 Å². The quantitative estimate of drug-likeness (QED) is 0.645. The maximum absolute atomic E-state index is 11.0. The first-order chi connectivity index (χ1) is 6.84. The molecule has 0 spiro atoms. The highest BCUT2D eigenvalue weighted by Crippen LogP contribution is 2.08. The lowest BCUT2D eigenvalue weighted by molar-refractivity contribution is -0.122. The lowest BCUT2D eigenvalue weighted by Crippen LogP contribution is -2.41. The van der Waals surface area contributed by atoms with E-state index >= 15 is 0 Å². The van der Waals surface area contributed by atoms with Gasteiger partial charge in [-0.3, -0.25) is 9.69 Å². The second-order valence-corrected chi connectivity index (χ2v) is 3.69. The van der Waals surface area contributed by atoms with Crippen molar-refractivity contribution in [3.05, 3.63) is 0 Å². The largest absolute Gasteiger partial charge is 0.379 e. The number of hydrazone groups is 1. The molecule has 1 unspecified atom stereocenters. The zero-order chi connectivity index (χ0) is 9.80. The molecule has 1 atom stereocenters. The highest BCUT2D eigenvalue weighted by molar-refractivity contribution is 5.83. The van der Waals surface area contributed by atoms with Gasteiger partial charge in [-0.25, -0.2) is 5.43 Å². The molecule has 5 heteroatoms. The Labute approximate surface area is 83.1 Å². The number of hydrogen-bond acceptors (Lipinski definition) is 4. The van der Waals surface area contributed by atoms with E-state index in [1.165, 1.54) is 0 Å². The zero-order valence-corrected chi connectivity index (χ0v) is 8.11. The standard InChI is InChI=1S/C9H15N3O2/c13-9-5-8(6-10-11-9)7-12-1-3-14-4-2-12/h6,8H,1-5,7H2,(H,11,13). The maximum atomic E-state index is 11.0. The first kappa shape index (κ1) is 9.61. The maximum Gasteiger partial charge on any atom is 0.240 e. The van der Waals surface area contributed by atoms with Crippen molar-refractivity contribution in [2.45, 2.75) is 6.42 Å². The molecule has 0 radical (unpaired) electrons. The number of carbonyl (C=O) groups excluding carboxylic acids is 1. The molecular weight excluding hydrogens is 182 g/mol. The molecule has 2 aliphatic rings. The van der Waals surface area contributed by atoms with Crippen molar-refractivity contribution in [3.63, 3.8) is 0 Å². The van der Waals surface area contributed by atoms with Crippen LogP contribution in [0.5, 0.6) is 0 Å². The summed E-state index contributed by atoms with van der Waals surface area (Å²) in [6.45, 7) is 4.45. The van der Waals surface area contributed by atoms with E-state index < -0.39 is 0 Å². The Morgan fingerprint density at radius 3 is 3.07 bits per heavy atom. The highest BCUT2D eigenvalue weighted by Gasteiger charge is 2.20. The van der Waals surface area contributed by atoms with Crippen molar-refractivity contribution < 1.29 is 9.53 Å². The monoisotopic (exact) mass is 197 g/mol. The zero-order valence-electron chi connectivity index (χ0n) is 8.11. The minimum absolute atomic E-state index is 0.0192. The summed E-state index contributed by atoms with van der Waals surface area (Å²) in [7, 11) is 0. The number of nitrogens with zero attached hydrogens (tertiary/aromatic N) is 2. The van der Waals surface area contributed by atoms with Gasteiger partial charge in [0, 0.05) is 38.2 Å². The van der Waals surface area contributed by atoms with Crippen LogP contribution in [0.2, 0.25) is 0 Å². The van der Waals surface area contributed by atoms with E-state index in [2.05, 4.69) is 15.4 Å². The Bertz CT molecular complexity index is 236. The number of morpholine rings is 1. The molecule has 2 heterocycles. The third kappa shape index (κ3) is 2.52. The molecule has 2 aliphatic heterocycles. The Morgan fingerprint density at radius 2 is 2.36 bits per heavy atom. The SMILES string of the molecule is O=C1CC(CN2CCOCC2)C=NN1. The first-order valence-corrected chi connectivity index (χ1v) is 4.97. The van der Waals surface area contributed by atoms with Crippen molar-refractivity contribution in [3.8, 4) is 0 Å². The van der Waals surface area contributed by atoms with E-state index in [9.17, 15) is 4.79 Å². The van der Waals surface area contributed by atoms with Crippen LogP contribution < -0.4 is 5.43 Å². The van der Waals surface area contributed by atoms with Crippen molar-refractivity contribution >= 4 is 12.1 Å². The van der Waals surface area contributed by atoms with Crippen LogP contribution in [0.1, 0.15) is 6.42 Å². The van der Waals surface area contributed by atoms with E-state index in [4.69, 9.17) is 4.74 Å². The van der Waals surface area contributed by atoms with Gasteiger partial charge >= 0.3 is 0 Å². The molecule has 0 bridgehead atoms. The molecule has 78 valence electrons. The lowest BCUT2D eigenvalue weighted by Gasteiger charge is -2.29. The average molecular weight is 197 g/mol. The number of carbonyl (C=O) groups is 1. The summed E-state index contributed by atoms with van der Waals surface area (Å²) in [4.78, 5) is 13.4. The summed E-state index contributed by atoms with van der Waals surface area (Å²) in [5.74, 6) is 0.285. The highest BCUT2D eigenvalue weighted by atomic mass is 16.5. The van der Waals surface area contributed by atoms with Gasteiger partial charge in [0.1, 0.15) is 0 Å². The van der Waals surface area contributed by atoms with Crippen LogP contribution >= 0.6 is 0 Å². The Kier molecular flexibility index (Phi) is 3.10. The van der Waals surface area contributed by atoms with Gasteiger partial charge in [-0.2, -0.15) is 5.10 Å². The molecule has 5 nitrogen and oxygen atoms in total. The molecule has 0 aromatic heterocycles. The van der Waals surface area contributed by atoms with E-state index in [1.807, 2.05) is 6.21 Å². The van der Waals surface area contributed by atoms with Crippen LogP contribution in [0, 0.1) is 5.92 Å². The topological polar surface area (TPSA) is 53.9 Å². The third-order valence-corrected chi connectivity index (χ3v) is 2.52. The summed E-state index contributed by atoms with van der Waals surface area (Å²) < 4.78 is 5.26. The van der Waals surface area contributed by atoms with Gasteiger partial charge in [0.05, 0.1) is 13.2 Å². The molecule has 14 heavy (non-hydrogen) atoms. The van der Waals surface area contributed by atoms with Gasteiger partial charge < -0.3 is 4.74 Å². The van der Waals surface area contributed by atoms with E-state index in [0.29, 0.717) is 6.42 Å². The van der Waals surface area contributed by atoms with Gasteiger partial charge in [0.15, 0.2) is 0 Å². The summed E-state index contributed by atoms with van der Waals surface area (Å²) in [6, 6.07) is 0. The number of amides is 1. The fourth-order valence-electron chi connectivity index (χ4n) is 1.78. The van der Waals surface area contributed by atoms with Gasteiger partial charge in [-0.15, -0.1) is 0 Å². The predicted molar refractivity (Wildman–Crippen MR) is 52.0 cm³/mol. The van der Waals surface area contributed by atoms with Crippen molar-refractivity contribution in [2.75, 3.05) is 32.8 Å². The van der Waals surface area contributed by atoms with Crippen molar-refractivity contribution in [1.29, 1.82) is 0 Å². The summed E-state index contributed by atoms with van der Waals surface area (Å²) in [5, 5.41) is 3.82. The summed E-state index contributed by atoms with van der Waals surface area (Å²) >= 11 is 0. The molecule has 1 amide bonds. The normalized spacial score (nSPS) is 28.9. The Morgan fingerprint density at radius 1 is 1.57 bits per heavy atom. The van der Waals surface area contributed by atoms with E-state index in [0.717, 1.165) is 32.8 Å². The number of ether oxygens (including phenoxy) is 1. The second-order valence-electron chi connectivity index (χ2n) is 3.69. The number of rotatable bonds is 2. The van der Waals surface area contributed by atoms with Gasteiger partial charge in [-0.05, 0) is 0 Å². The van der Waals surface area contributed by atoms with Crippen LogP contribution in [0.3, 0.4) is 0 Å². The number of hydrogen-bond donors (Lipinski definition) is 1. The predicted octanol–water partition coefficient (Wildman–Crippen LogP) is -0.559. The van der Waals surface area contributed by atoms with Crippen LogP contribution in [0.25, 0.3) is 0 Å². The van der Waals surface area contributed by atoms with Crippen LogP contribution in [0.15, 0.2) is 5.10 Å². The molecule has 0 aromatic carbocycles. The third-order valence-electron chi connectivity index (χ3n) is 2.52. The van der Waals surface area contributed by atoms with Gasteiger partial charge in [-0.1, -0.05) is 0 Å². The molecule has 2 rings (SSSR count). The number of nitrogens with one attached hydrogen (secondary N) is 1. The molecular formula is C9H15N3O2. The van der Waals surface area contributed by atoms with Crippen molar-refractivity contribution in [1.82, 2.24) is 10.3 Å². The molecule has 0 aliphatic carbocycles. The molecule has 0 saturated carbocycles. The minimum Gasteiger partial charge on any atom is -0.379 e. The van der Waals surface area contributed by atoms with Gasteiger partial charge in [0.2, 0.25) is 5.91 Å². The fourth-order valence-corrected chi connectivity index (χ4v) is 1.78. The summed E-state index contributed by atoms with van der Waals surface area (Å²) in [5.41, 5.74) is 2.44. The Balaban J connectivity index is 1.81. The first-order valence-electron chi connectivity index (χ1n) is 4.97. The minimum atomic E-state index is 0.0192. The van der Waals surface area contributed by atoms with Crippen LogP contribution in [-0.4, -0.2) is 49.9 Å². The Hall–Kier alpha value is -0.940. The second kappa shape index (κ2) is 4.52. The molecule has 1 saturated heterocycles. The van der Waals surface area contributed by atoms with Crippen molar-refractivity contribution in [2.24, 2.45) is 11.0 Å². The van der Waals surface area contributed by atoms with Crippen LogP contribution in [0.4, 0.5) is 0 Å². The van der Waals surface area contributed by atoms with E-state index in [1.54, 1.807) is 0 Å². The summed E-state index contributed by atoms with van der Waals surface area (Å²) in [6.07, 6.45) is 2.39. The lowest BCUT2D eigenvalue weighted by atomic mass is 10.1. The molecule has 1 fully saturated rings.